The molecular formula is C24H35NO2. The number of fused-ring (bicyclic) bond motifs is 6. The average molecular weight is 370 g/mol. The van der Waals surface area contributed by atoms with E-state index in [1.54, 1.807) is 5.57 Å². The second-order valence-corrected chi connectivity index (χ2v) is 9.87. The van der Waals surface area contributed by atoms with E-state index in [9.17, 15) is 5.21 Å². The monoisotopic (exact) mass is 369 g/mol. The molecule has 5 rings (SSSR count). The van der Waals surface area contributed by atoms with Crippen LogP contribution in [0.5, 0.6) is 0 Å². The van der Waals surface area contributed by atoms with Gasteiger partial charge in [0, 0.05) is 5.41 Å². The molecule has 5 aliphatic rings. The zero-order valence-corrected chi connectivity index (χ0v) is 17.0. The number of hydrogen-bond acceptors (Lipinski definition) is 3. The Morgan fingerprint density at radius 1 is 1.22 bits per heavy atom. The van der Waals surface area contributed by atoms with Crippen molar-refractivity contribution in [2.45, 2.75) is 77.2 Å². The van der Waals surface area contributed by atoms with Crippen LogP contribution in [-0.4, -0.2) is 23.1 Å². The first-order chi connectivity index (χ1) is 13.2. The molecule has 7 atom stereocenters. The molecule has 4 aliphatic carbocycles. The van der Waals surface area contributed by atoms with Crippen LogP contribution in [0.1, 0.15) is 71.6 Å². The zero-order valence-electron chi connectivity index (χ0n) is 17.0. The first-order valence-electron chi connectivity index (χ1n) is 11.4. The van der Waals surface area contributed by atoms with Crippen molar-refractivity contribution in [2.24, 2.45) is 40.2 Å². The Morgan fingerprint density at radius 2 is 2.11 bits per heavy atom. The molecule has 4 unspecified atom stereocenters. The topological polar surface area (TPSA) is 41.8 Å². The minimum absolute atomic E-state index is 0.0368. The number of oxime groups is 1. The van der Waals surface area contributed by atoms with E-state index in [1.165, 1.54) is 51.4 Å². The maximum absolute atomic E-state index is 9.27. The van der Waals surface area contributed by atoms with Gasteiger partial charge in [0.2, 0.25) is 0 Å². The van der Waals surface area contributed by atoms with E-state index in [2.05, 4.69) is 37.2 Å². The summed E-state index contributed by atoms with van der Waals surface area (Å²) in [6.07, 6.45) is 18.2. The van der Waals surface area contributed by atoms with Crippen LogP contribution in [0.4, 0.5) is 0 Å². The standard InChI is InChI=1S/C24H35NO2/c1-3-16-14-17-15-18(25-26)6-7-19(17)20-8-11-23(4-2)21(22(16)20)9-12-24(23)10-5-13-27-24/h5,10,15-16,19-22,26H,3-4,6-9,11-14H2,1-2H3/t16?,19-,20?,21?,22?,23-,24-/m0/s1. The third kappa shape index (κ3) is 2.33. The predicted octanol–water partition coefficient (Wildman–Crippen LogP) is 5.74. The molecule has 3 nitrogen and oxygen atoms in total. The van der Waals surface area contributed by atoms with Crippen LogP contribution in [-0.2, 0) is 4.74 Å². The van der Waals surface area contributed by atoms with E-state index in [4.69, 9.17) is 4.74 Å². The van der Waals surface area contributed by atoms with Gasteiger partial charge in [0.15, 0.2) is 0 Å². The second kappa shape index (κ2) is 6.47. The van der Waals surface area contributed by atoms with Crippen molar-refractivity contribution in [1.29, 1.82) is 0 Å². The van der Waals surface area contributed by atoms with E-state index < -0.39 is 0 Å². The summed E-state index contributed by atoms with van der Waals surface area (Å²) in [4.78, 5) is 0. The van der Waals surface area contributed by atoms with E-state index in [0.29, 0.717) is 5.41 Å². The summed E-state index contributed by atoms with van der Waals surface area (Å²) in [5.74, 6) is 4.03. The largest absolute Gasteiger partial charge is 0.411 e. The number of nitrogens with zero attached hydrogens (tertiary/aromatic N) is 1. The lowest BCUT2D eigenvalue weighted by atomic mass is 9.47. The first-order valence-corrected chi connectivity index (χ1v) is 11.4. The number of allylic oxidation sites excluding steroid dienone is 2. The van der Waals surface area contributed by atoms with Crippen LogP contribution in [0, 0.1) is 35.0 Å². The van der Waals surface area contributed by atoms with Crippen molar-refractivity contribution in [3.8, 4) is 0 Å². The fourth-order valence-corrected chi connectivity index (χ4v) is 8.43. The lowest BCUT2D eigenvalue weighted by Gasteiger charge is -2.59. The lowest BCUT2D eigenvalue weighted by molar-refractivity contribution is -0.132. The summed E-state index contributed by atoms with van der Waals surface area (Å²) in [6.45, 7) is 5.64. The van der Waals surface area contributed by atoms with Crippen molar-refractivity contribution in [3.05, 3.63) is 23.8 Å². The van der Waals surface area contributed by atoms with Gasteiger partial charge in [-0.1, -0.05) is 43.1 Å². The average Bonchev–Trinajstić information content (AvgIpc) is 3.33. The fraction of sp³-hybridized carbons (Fsp3) is 0.792. The molecule has 27 heavy (non-hydrogen) atoms. The Bertz CT molecular complexity index is 694. The Kier molecular flexibility index (Phi) is 4.31. The Labute approximate surface area is 163 Å². The van der Waals surface area contributed by atoms with Gasteiger partial charge in [0.1, 0.15) is 0 Å². The first kappa shape index (κ1) is 18.0. The number of ether oxygens (including phenoxy) is 1. The summed E-state index contributed by atoms with van der Waals surface area (Å²) < 4.78 is 6.48. The Balaban J connectivity index is 1.53. The summed E-state index contributed by atoms with van der Waals surface area (Å²) in [5, 5.41) is 12.8. The van der Waals surface area contributed by atoms with Crippen molar-refractivity contribution in [3.63, 3.8) is 0 Å². The predicted molar refractivity (Wildman–Crippen MR) is 108 cm³/mol. The normalized spacial score (nSPS) is 49.8. The lowest BCUT2D eigenvalue weighted by Crippen LogP contribution is -2.55. The SMILES string of the molecule is CCC1CC2=CC(=NO)CC[C@@H]2C2CC[C@@]3(CC)C(CC[C@@]34C=CCO4)C12. The highest BCUT2D eigenvalue weighted by Crippen LogP contribution is 2.69. The van der Waals surface area contributed by atoms with Gasteiger partial charge in [-0.2, -0.15) is 0 Å². The molecule has 148 valence electrons. The molecule has 0 aromatic carbocycles. The second-order valence-electron chi connectivity index (χ2n) is 9.87. The van der Waals surface area contributed by atoms with Crippen LogP contribution in [0.3, 0.4) is 0 Å². The highest BCUT2D eigenvalue weighted by atomic mass is 16.5. The van der Waals surface area contributed by atoms with Crippen LogP contribution in [0.15, 0.2) is 29.0 Å². The third-order valence-electron chi connectivity index (χ3n) is 9.47. The van der Waals surface area contributed by atoms with Gasteiger partial charge < -0.3 is 9.94 Å². The molecule has 0 amide bonds. The quantitative estimate of drug-likeness (QED) is 0.383. The van der Waals surface area contributed by atoms with Crippen LogP contribution < -0.4 is 0 Å². The van der Waals surface area contributed by atoms with Gasteiger partial charge in [0.25, 0.3) is 0 Å². The van der Waals surface area contributed by atoms with Gasteiger partial charge in [-0.3, -0.25) is 0 Å². The van der Waals surface area contributed by atoms with Gasteiger partial charge in [0.05, 0.1) is 17.9 Å². The fourth-order valence-electron chi connectivity index (χ4n) is 8.43. The van der Waals surface area contributed by atoms with Gasteiger partial charge in [-0.15, -0.1) is 0 Å². The van der Waals surface area contributed by atoms with Crippen molar-refractivity contribution >= 4 is 5.71 Å². The molecule has 0 bridgehead atoms. The Hall–Kier alpha value is -1.09. The van der Waals surface area contributed by atoms with E-state index in [1.807, 2.05) is 0 Å². The maximum atomic E-state index is 9.27. The minimum atomic E-state index is 0.0368. The molecule has 1 aliphatic heterocycles. The molecule has 0 aromatic heterocycles. The maximum Gasteiger partial charge on any atom is 0.0926 e. The molecule has 1 spiro atoms. The third-order valence-corrected chi connectivity index (χ3v) is 9.47. The van der Waals surface area contributed by atoms with Crippen LogP contribution in [0.25, 0.3) is 0 Å². The zero-order chi connectivity index (χ0) is 18.6. The van der Waals surface area contributed by atoms with Gasteiger partial charge in [-0.25, -0.2) is 0 Å². The van der Waals surface area contributed by atoms with Crippen LogP contribution >= 0.6 is 0 Å². The molecule has 3 fully saturated rings. The van der Waals surface area contributed by atoms with E-state index in [-0.39, 0.29) is 5.60 Å². The van der Waals surface area contributed by atoms with Crippen LogP contribution in [0.2, 0.25) is 0 Å². The highest BCUT2D eigenvalue weighted by Gasteiger charge is 2.65. The molecular weight excluding hydrogens is 334 g/mol. The van der Waals surface area contributed by atoms with Gasteiger partial charge in [-0.05, 0) is 87.0 Å². The number of hydrogen-bond donors (Lipinski definition) is 1. The summed E-state index contributed by atoms with van der Waals surface area (Å²) in [5.41, 5.74) is 2.89. The summed E-state index contributed by atoms with van der Waals surface area (Å²) >= 11 is 0. The van der Waals surface area contributed by atoms with E-state index in [0.717, 1.165) is 48.3 Å². The minimum Gasteiger partial charge on any atom is -0.411 e. The molecule has 3 heteroatoms. The van der Waals surface area contributed by atoms with Crippen molar-refractivity contribution in [2.75, 3.05) is 6.61 Å². The van der Waals surface area contributed by atoms with Crippen molar-refractivity contribution in [1.82, 2.24) is 0 Å². The number of rotatable bonds is 2. The van der Waals surface area contributed by atoms with Gasteiger partial charge >= 0.3 is 0 Å². The molecule has 1 heterocycles. The summed E-state index contributed by atoms with van der Waals surface area (Å²) in [6, 6.07) is 0. The summed E-state index contributed by atoms with van der Waals surface area (Å²) in [7, 11) is 0. The molecule has 0 radical (unpaired) electrons. The Morgan fingerprint density at radius 3 is 2.81 bits per heavy atom. The molecule has 3 saturated carbocycles. The highest BCUT2D eigenvalue weighted by molar-refractivity contribution is 5.96. The smallest absolute Gasteiger partial charge is 0.0926 e. The molecule has 0 saturated heterocycles. The van der Waals surface area contributed by atoms with Crippen molar-refractivity contribution < 1.29 is 9.94 Å². The molecule has 0 aromatic rings. The molecule has 1 N–H and O–H groups in total. The van der Waals surface area contributed by atoms with E-state index >= 15 is 0 Å².